The molecule has 1 aliphatic rings. The summed E-state index contributed by atoms with van der Waals surface area (Å²) in [7, 11) is 0. The number of aromatic nitrogens is 3. The molecule has 1 aliphatic heterocycles. The molecule has 9 heteroatoms. The van der Waals surface area contributed by atoms with E-state index in [0.717, 1.165) is 22.5 Å². The minimum absolute atomic E-state index is 0.0817. The number of hydrogen-bond acceptors (Lipinski definition) is 5. The molecule has 0 unspecified atom stereocenters. The Morgan fingerprint density at radius 2 is 1.83 bits per heavy atom. The monoisotopic (exact) mass is 486 g/mol. The minimum atomic E-state index is -0.471. The van der Waals surface area contributed by atoms with Crippen LogP contribution >= 0.6 is 0 Å². The lowest BCUT2D eigenvalue weighted by atomic mass is 10.1. The summed E-state index contributed by atoms with van der Waals surface area (Å²) in [6.45, 7) is 7.12. The molecular formula is C27H27FN6O2. The van der Waals surface area contributed by atoms with Crippen molar-refractivity contribution in [3.8, 4) is 11.3 Å². The van der Waals surface area contributed by atoms with Gasteiger partial charge in [-0.25, -0.2) is 14.4 Å². The molecule has 2 atom stereocenters. The molecule has 0 radical (unpaired) electrons. The largest absolute Gasteiger partial charge is 0.352 e. The zero-order chi connectivity index (χ0) is 25.4. The van der Waals surface area contributed by atoms with Crippen LogP contribution in [0.5, 0.6) is 0 Å². The van der Waals surface area contributed by atoms with Gasteiger partial charge in [0.15, 0.2) is 0 Å². The van der Waals surface area contributed by atoms with Gasteiger partial charge in [-0.2, -0.15) is 0 Å². The molecule has 5 rings (SSSR count). The van der Waals surface area contributed by atoms with Gasteiger partial charge < -0.3 is 20.1 Å². The fraction of sp³-hybridized carbons (Fsp3) is 0.259. The fourth-order valence-electron chi connectivity index (χ4n) is 5.00. The van der Waals surface area contributed by atoms with Crippen LogP contribution in [0.1, 0.15) is 31.1 Å². The first kappa shape index (κ1) is 23.5. The van der Waals surface area contributed by atoms with E-state index in [1.54, 1.807) is 19.2 Å². The molecule has 0 aliphatic carbocycles. The van der Waals surface area contributed by atoms with E-state index in [4.69, 9.17) is 4.98 Å². The number of fused-ring (bicyclic) bond motifs is 1. The zero-order valence-corrected chi connectivity index (χ0v) is 20.3. The van der Waals surface area contributed by atoms with Crippen molar-refractivity contribution in [2.45, 2.75) is 32.9 Å². The number of piperazine rings is 1. The molecule has 4 aromatic rings. The van der Waals surface area contributed by atoms with E-state index in [1.165, 1.54) is 18.2 Å². The number of halogens is 1. The van der Waals surface area contributed by atoms with E-state index in [-0.39, 0.29) is 23.6 Å². The number of nitrogens with one attached hydrogen (secondary N) is 2. The van der Waals surface area contributed by atoms with Crippen LogP contribution in [0.25, 0.3) is 22.3 Å². The molecule has 184 valence electrons. The van der Waals surface area contributed by atoms with Crippen LogP contribution in [-0.4, -0.2) is 56.8 Å². The van der Waals surface area contributed by atoms with Gasteiger partial charge in [-0.3, -0.25) is 9.59 Å². The van der Waals surface area contributed by atoms with E-state index in [0.29, 0.717) is 24.4 Å². The van der Waals surface area contributed by atoms with Crippen LogP contribution in [0.3, 0.4) is 0 Å². The summed E-state index contributed by atoms with van der Waals surface area (Å²) in [5.74, 6) is 0.0395. The Morgan fingerprint density at radius 3 is 2.56 bits per heavy atom. The summed E-state index contributed by atoms with van der Waals surface area (Å²) in [6.07, 6.45) is 3.40. The highest BCUT2D eigenvalue weighted by atomic mass is 19.1. The quantitative estimate of drug-likeness (QED) is 0.444. The molecule has 8 nitrogen and oxygen atoms in total. The van der Waals surface area contributed by atoms with Gasteiger partial charge >= 0.3 is 0 Å². The summed E-state index contributed by atoms with van der Waals surface area (Å²) in [6, 6.07) is 13.4. The predicted octanol–water partition coefficient (Wildman–Crippen LogP) is 4.46. The number of benzene rings is 1. The summed E-state index contributed by atoms with van der Waals surface area (Å²) < 4.78 is 13.5. The maximum absolute atomic E-state index is 13.5. The number of rotatable bonds is 4. The lowest BCUT2D eigenvalue weighted by molar-refractivity contribution is -0.133. The molecule has 4 heterocycles. The third kappa shape index (κ3) is 4.51. The Labute approximate surface area is 208 Å². The Morgan fingerprint density at radius 1 is 1.08 bits per heavy atom. The molecule has 3 aromatic heterocycles. The molecule has 0 spiro atoms. The van der Waals surface area contributed by atoms with Crippen molar-refractivity contribution in [1.29, 1.82) is 0 Å². The van der Waals surface area contributed by atoms with E-state index in [1.807, 2.05) is 35.4 Å². The maximum Gasteiger partial charge on any atom is 0.255 e. The Hall–Kier alpha value is -4.27. The summed E-state index contributed by atoms with van der Waals surface area (Å²) in [5.41, 5.74) is 3.01. The predicted molar refractivity (Wildman–Crippen MR) is 137 cm³/mol. The first-order valence-electron chi connectivity index (χ1n) is 11.9. The first-order valence-corrected chi connectivity index (χ1v) is 11.9. The number of aromatic amines is 1. The van der Waals surface area contributed by atoms with Crippen LogP contribution in [-0.2, 0) is 4.79 Å². The number of carbonyl (C=O) groups is 2. The molecule has 0 bridgehead atoms. The number of amides is 2. The van der Waals surface area contributed by atoms with Crippen molar-refractivity contribution >= 4 is 34.4 Å². The highest BCUT2D eigenvalue weighted by molar-refractivity contribution is 6.05. The summed E-state index contributed by atoms with van der Waals surface area (Å²) >= 11 is 0. The molecule has 36 heavy (non-hydrogen) atoms. The van der Waals surface area contributed by atoms with Gasteiger partial charge in [-0.15, -0.1) is 0 Å². The van der Waals surface area contributed by atoms with Crippen LogP contribution in [0, 0.1) is 5.82 Å². The molecule has 2 N–H and O–H groups in total. The standard InChI is InChI=1S/C27H27FN6O2/c1-16-14-33(15-17(2)34(16)18(3)35)25-9-5-8-24(32-25)23-13-30-26-22(23)11-21(12-29-26)31-27(36)19-6-4-7-20(28)10-19/h4-13,16-17H,14-15H2,1-3H3,(H,29,30)(H,31,36)/t16-,17+. The smallest absolute Gasteiger partial charge is 0.255 e. The molecule has 1 saturated heterocycles. The van der Waals surface area contributed by atoms with Gasteiger partial charge in [-0.05, 0) is 50.2 Å². The highest BCUT2D eigenvalue weighted by Gasteiger charge is 2.31. The van der Waals surface area contributed by atoms with Crippen molar-refractivity contribution in [1.82, 2.24) is 19.9 Å². The van der Waals surface area contributed by atoms with Gasteiger partial charge in [-0.1, -0.05) is 12.1 Å². The second kappa shape index (κ2) is 9.41. The zero-order valence-electron chi connectivity index (χ0n) is 20.3. The molecule has 1 aromatic carbocycles. The van der Waals surface area contributed by atoms with Crippen molar-refractivity contribution in [2.75, 3.05) is 23.3 Å². The van der Waals surface area contributed by atoms with Crippen LogP contribution in [0.4, 0.5) is 15.9 Å². The van der Waals surface area contributed by atoms with E-state index < -0.39 is 11.7 Å². The number of nitrogens with zero attached hydrogens (tertiary/aromatic N) is 4. The van der Waals surface area contributed by atoms with Crippen molar-refractivity contribution in [2.24, 2.45) is 0 Å². The molecule has 1 fully saturated rings. The average molecular weight is 487 g/mol. The second-order valence-corrected chi connectivity index (χ2v) is 9.20. The van der Waals surface area contributed by atoms with Gasteiger partial charge in [0, 0.05) is 54.8 Å². The number of hydrogen-bond donors (Lipinski definition) is 2. The Kier molecular flexibility index (Phi) is 6.13. The third-order valence-electron chi connectivity index (χ3n) is 6.49. The van der Waals surface area contributed by atoms with Crippen LogP contribution in [0.15, 0.2) is 60.9 Å². The molecule has 2 amide bonds. The third-order valence-corrected chi connectivity index (χ3v) is 6.49. The van der Waals surface area contributed by atoms with E-state index >= 15 is 0 Å². The number of H-pyrrole nitrogens is 1. The fourth-order valence-corrected chi connectivity index (χ4v) is 5.00. The Balaban J connectivity index is 1.42. The topological polar surface area (TPSA) is 94.2 Å². The van der Waals surface area contributed by atoms with Crippen molar-refractivity contribution in [3.05, 3.63) is 72.3 Å². The van der Waals surface area contributed by atoms with E-state index in [9.17, 15) is 14.0 Å². The van der Waals surface area contributed by atoms with Gasteiger partial charge in [0.25, 0.3) is 5.91 Å². The Bertz CT molecular complexity index is 1440. The summed E-state index contributed by atoms with van der Waals surface area (Å²) in [5, 5.41) is 3.59. The number of pyridine rings is 2. The average Bonchev–Trinajstić information content (AvgIpc) is 3.27. The van der Waals surface area contributed by atoms with Gasteiger partial charge in [0.2, 0.25) is 5.91 Å². The van der Waals surface area contributed by atoms with Gasteiger partial charge in [0.1, 0.15) is 17.3 Å². The van der Waals surface area contributed by atoms with Crippen LogP contribution < -0.4 is 10.2 Å². The SMILES string of the molecule is CC(=O)N1[C@H](C)CN(c2cccc(-c3c[nH]c4ncc(NC(=O)c5cccc(F)c5)cc34)n2)C[C@@H]1C. The lowest BCUT2D eigenvalue weighted by Gasteiger charge is -2.44. The number of anilines is 2. The maximum atomic E-state index is 13.5. The lowest BCUT2D eigenvalue weighted by Crippen LogP contribution is -2.58. The molecule has 0 saturated carbocycles. The number of carbonyl (C=O) groups excluding carboxylic acids is 2. The van der Waals surface area contributed by atoms with Crippen molar-refractivity contribution in [3.63, 3.8) is 0 Å². The highest BCUT2D eigenvalue weighted by Crippen LogP contribution is 2.30. The first-order chi connectivity index (χ1) is 17.3. The normalized spacial score (nSPS) is 17.9. The van der Waals surface area contributed by atoms with Crippen LogP contribution in [0.2, 0.25) is 0 Å². The molecular weight excluding hydrogens is 459 g/mol. The minimum Gasteiger partial charge on any atom is -0.352 e. The second-order valence-electron chi connectivity index (χ2n) is 9.20. The van der Waals surface area contributed by atoms with E-state index in [2.05, 4.69) is 34.0 Å². The van der Waals surface area contributed by atoms with Crippen molar-refractivity contribution < 1.29 is 14.0 Å². The van der Waals surface area contributed by atoms with Gasteiger partial charge in [0.05, 0.1) is 17.6 Å². The summed E-state index contributed by atoms with van der Waals surface area (Å²) in [4.78, 5) is 41.2.